The van der Waals surface area contributed by atoms with E-state index in [9.17, 15) is 15.0 Å². The Balaban J connectivity index is 3.29. The van der Waals surface area contributed by atoms with Crippen molar-refractivity contribution in [1.29, 1.82) is 0 Å². The van der Waals surface area contributed by atoms with Crippen LogP contribution in [0.3, 0.4) is 0 Å². The fourth-order valence-electron chi connectivity index (χ4n) is 2.36. The Kier molecular flexibility index (Phi) is 4.95. The van der Waals surface area contributed by atoms with E-state index >= 15 is 0 Å². The summed E-state index contributed by atoms with van der Waals surface area (Å²) in [6.07, 6.45) is 0.436. The molecule has 1 rings (SSSR count). The van der Waals surface area contributed by atoms with Gasteiger partial charge in [0.05, 0.1) is 12.7 Å². The van der Waals surface area contributed by atoms with E-state index in [2.05, 4.69) is 0 Å². The van der Waals surface area contributed by atoms with Crippen molar-refractivity contribution >= 4 is 5.97 Å². The number of aromatic hydroxyl groups is 1. The van der Waals surface area contributed by atoms with Gasteiger partial charge in [0.1, 0.15) is 11.7 Å². The second-order valence-corrected chi connectivity index (χ2v) is 5.05. The molecular formula is C15H22O4. The smallest absolute Gasteiger partial charge is 0.316 e. The summed E-state index contributed by atoms with van der Waals surface area (Å²) in [4.78, 5) is 12.1. The van der Waals surface area contributed by atoms with E-state index in [1.807, 2.05) is 20.8 Å². The molecule has 19 heavy (non-hydrogen) atoms. The Morgan fingerprint density at radius 3 is 2.21 bits per heavy atom. The maximum absolute atomic E-state index is 12.1. The molecule has 4 heteroatoms. The van der Waals surface area contributed by atoms with E-state index in [0.717, 1.165) is 0 Å². The number of rotatable bonds is 5. The summed E-state index contributed by atoms with van der Waals surface area (Å²) in [5.41, 5.74) is -0.535. The van der Waals surface area contributed by atoms with Gasteiger partial charge in [-0.15, -0.1) is 0 Å². The molecule has 0 heterocycles. The number of carbonyl (C=O) groups is 1. The van der Waals surface area contributed by atoms with Gasteiger partial charge < -0.3 is 14.9 Å². The zero-order valence-corrected chi connectivity index (χ0v) is 11.9. The van der Waals surface area contributed by atoms with Gasteiger partial charge in [0.25, 0.3) is 0 Å². The third-order valence-corrected chi connectivity index (χ3v) is 3.73. The summed E-state index contributed by atoms with van der Waals surface area (Å²) >= 11 is 0. The lowest BCUT2D eigenvalue weighted by molar-refractivity contribution is -0.152. The molecule has 0 aliphatic rings. The number of aliphatic hydroxyl groups is 1. The first-order chi connectivity index (χ1) is 8.86. The van der Waals surface area contributed by atoms with E-state index in [1.54, 1.807) is 12.1 Å². The summed E-state index contributed by atoms with van der Waals surface area (Å²) < 4.78 is 4.83. The number of phenols is 1. The van der Waals surface area contributed by atoms with E-state index < -0.39 is 17.5 Å². The topological polar surface area (TPSA) is 66.8 Å². The highest BCUT2D eigenvalue weighted by Gasteiger charge is 2.44. The number of hydrogen-bond acceptors (Lipinski definition) is 4. The maximum atomic E-state index is 12.1. The van der Waals surface area contributed by atoms with Crippen LogP contribution in [0, 0.1) is 5.92 Å². The maximum Gasteiger partial charge on any atom is 0.316 e. The van der Waals surface area contributed by atoms with Crippen LogP contribution in [0.5, 0.6) is 5.75 Å². The fourth-order valence-corrected chi connectivity index (χ4v) is 2.36. The average Bonchev–Trinajstić information content (AvgIpc) is 2.40. The van der Waals surface area contributed by atoms with Crippen molar-refractivity contribution in [2.24, 2.45) is 5.92 Å². The van der Waals surface area contributed by atoms with Crippen LogP contribution in [0.25, 0.3) is 0 Å². The van der Waals surface area contributed by atoms with Gasteiger partial charge in [-0.2, -0.15) is 0 Å². The molecule has 0 bridgehead atoms. The molecule has 106 valence electrons. The Morgan fingerprint density at radius 2 is 1.84 bits per heavy atom. The molecule has 0 saturated carbocycles. The highest BCUT2D eigenvalue weighted by molar-refractivity contribution is 5.79. The third kappa shape index (κ3) is 3.07. The second kappa shape index (κ2) is 6.06. The number of carbonyl (C=O) groups excluding carboxylic acids is 1. The number of hydrogen-bond donors (Lipinski definition) is 2. The summed E-state index contributed by atoms with van der Waals surface area (Å²) in [5.74, 6) is -1.21. The van der Waals surface area contributed by atoms with Crippen molar-refractivity contribution < 1.29 is 19.7 Å². The molecule has 4 nitrogen and oxygen atoms in total. The van der Waals surface area contributed by atoms with Crippen LogP contribution >= 0.6 is 0 Å². The quantitative estimate of drug-likeness (QED) is 0.803. The number of esters is 1. The summed E-state index contributed by atoms with van der Waals surface area (Å²) in [6.45, 7) is 5.59. The molecule has 0 fully saturated rings. The summed E-state index contributed by atoms with van der Waals surface area (Å²) in [6, 6.07) is 6.28. The summed E-state index contributed by atoms with van der Waals surface area (Å²) in [7, 11) is 1.31. The van der Waals surface area contributed by atoms with Crippen LogP contribution < -0.4 is 0 Å². The minimum absolute atomic E-state index is 0.101. The van der Waals surface area contributed by atoms with Gasteiger partial charge in [-0.1, -0.05) is 32.9 Å². The molecular weight excluding hydrogens is 244 g/mol. The minimum atomic E-state index is -1.18. The molecule has 0 aromatic heterocycles. The number of ether oxygens (including phenoxy) is 1. The van der Waals surface area contributed by atoms with Gasteiger partial charge >= 0.3 is 5.97 Å². The molecule has 0 saturated heterocycles. The number of benzene rings is 1. The first-order valence-electron chi connectivity index (χ1n) is 6.46. The van der Waals surface area contributed by atoms with Crippen molar-refractivity contribution in [2.75, 3.05) is 7.11 Å². The van der Waals surface area contributed by atoms with Gasteiger partial charge in [0.15, 0.2) is 0 Å². The van der Waals surface area contributed by atoms with Gasteiger partial charge in [-0.25, -0.2) is 0 Å². The largest absolute Gasteiger partial charge is 0.508 e. The first-order valence-corrected chi connectivity index (χ1v) is 6.46. The van der Waals surface area contributed by atoms with Crippen LogP contribution in [0.15, 0.2) is 24.3 Å². The van der Waals surface area contributed by atoms with Crippen LogP contribution in [-0.2, 0) is 9.53 Å². The highest BCUT2D eigenvalue weighted by atomic mass is 16.5. The predicted octanol–water partition coefficient (Wildman–Crippen LogP) is 2.45. The van der Waals surface area contributed by atoms with Gasteiger partial charge in [-0.3, -0.25) is 4.79 Å². The van der Waals surface area contributed by atoms with Crippen molar-refractivity contribution in [3.05, 3.63) is 29.8 Å². The fraction of sp³-hybridized carbons (Fsp3) is 0.533. The average molecular weight is 266 g/mol. The van der Waals surface area contributed by atoms with E-state index in [4.69, 9.17) is 4.74 Å². The number of phenolic OH excluding ortho intramolecular Hbond substituents is 1. The Morgan fingerprint density at radius 1 is 1.32 bits per heavy atom. The second-order valence-electron chi connectivity index (χ2n) is 5.05. The molecule has 0 radical (unpaired) electrons. The van der Waals surface area contributed by atoms with E-state index in [1.165, 1.54) is 19.2 Å². The minimum Gasteiger partial charge on any atom is -0.508 e. The van der Waals surface area contributed by atoms with E-state index in [0.29, 0.717) is 12.0 Å². The van der Waals surface area contributed by atoms with Crippen molar-refractivity contribution in [3.63, 3.8) is 0 Å². The Bertz CT molecular complexity index is 424. The van der Waals surface area contributed by atoms with Crippen LogP contribution in [-0.4, -0.2) is 28.9 Å². The molecule has 0 aliphatic heterocycles. The highest BCUT2D eigenvalue weighted by Crippen LogP contribution is 2.38. The SMILES string of the molecule is CCC(O)(C(C)C)C(C(=O)OC)c1ccc(O)cc1. The van der Waals surface area contributed by atoms with Crippen molar-refractivity contribution in [2.45, 2.75) is 38.7 Å². The normalized spacial score (nSPS) is 15.9. The lowest BCUT2D eigenvalue weighted by Gasteiger charge is -2.37. The van der Waals surface area contributed by atoms with Gasteiger partial charge in [0, 0.05) is 0 Å². The molecule has 2 unspecified atom stereocenters. The number of methoxy groups -OCH3 is 1. The lowest BCUT2D eigenvalue weighted by atomic mass is 9.73. The molecule has 1 aromatic rings. The standard InChI is InChI=1S/C15H22O4/c1-5-15(18,10(2)3)13(14(17)19-4)11-6-8-12(16)9-7-11/h6-10,13,16,18H,5H2,1-4H3. The molecule has 0 spiro atoms. The zero-order chi connectivity index (χ0) is 14.6. The lowest BCUT2D eigenvalue weighted by Crippen LogP contribution is -2.45. The third-order valence-electron chi connectivity index (χ3n) is 3.73. The van der Waals surface area contributed by atoms with Crippen LogP contribution in [0.1, 0.15) is 38.7 Å². The first kappa shape index (κ1) is 15.5. The molecule has 0 aliphatic carbocycles. The molecule has 2 atom stereocenters. The summed E-state index contributed by atoms with van der Waals surface area (Å²) in [5, 5.41) is 20.1. The van der Waals surface area contributed by atoms with E-state index in [-0.39, 0.29) is 11.7 Å². The Labute approximate surface area is 114 Å². The van der Waals surface area contributed by atoms with Crippen LogP contribution in [0.4, 0.5) is 0 Å². The molecule has 2 N–H and O–H groups in total. The molecule has 1 aromatic carbocycles. The van der Waals surface area contributed by atoms with Crippen LogP contribution in [0.2, 0.25) is 0 Å². The Hall–Kier alpha value is -1.55. The monoisotopic (exact) mass is 266 g/mol. The zero-order valence-electron chi connectivity index (χ0n) is 11.9. The molecule has 0 amide bonds. The van der Waals surface area contributed by atoms with Gasteiger partial charge in [-0.05, 0) is 30.0 Å². The van der Waals surface area contributed by atoms with Crippen molar-refractivity contribution in [3.8, 4) is 5.75 Å². The predicted molar refractivity (Wildman–Crippen MR) is 72.9 cm³/mol. The van der Waals surface area contributed by atoms with Crippen molar-refractivity contribution in [1.82, 2.24) is 0 Å². The van der Waals surface area contributed by atoms with Gasteiger partial charge in [0.2, 0.25) is 0 Å².